The predicted octanol–water partition coefficient (Wildman–Crippen LogP) is 6.48. The van der Waals surface area contributed by atoms with Gasteiger partial charge in [-0.25, -0.2) is 0 Å². The molecule has 0 aliphatic rings. The van der Waals surface area contributed by atoms with Gasteiger partial charge in [0.2, 0.25) is 0 Å². The Balaban J connectivity index is 3.02. The summed E-state index contributed by atoms with van der Waals surface area (Å²) in [5.41, 5.74) is 3.55. The first-order valence-electron chi connectivity index (χ1n) is 10.1. The summed E-state index contributed by atoms with van der Waals surface area (Å²) in [6.45, 7) is 17.9. The van der Waals surface area contributed by atoms with Crippen LogP contribution in [-0.4, -0.2) is 32.0 Å². The maximum Gasteiger partial charge on any atom is 0.253 e. The average Bonchev–Trinajstić information content (AvgIpc) is 2.53. The normalized spacial score (nSPS) is 12.9. The molecule has 0 spiro atoms. The molecule has 1 aromatic rings. The van der Waals surface area contributed by atoms with Gasteiger partial charge < -0.3 is 4.90 Å². The molecule has 3 heteroatoms. The Hall–Kier alpha value is -1.09. The van der Waals surface area contributed by atoms with Crippen molar-refractivity contribution in [1.82, 2.24) is 4.90 Å². The van der Waals surface area contributed by atoms with E-state index in [0.29, 0.717) is 5.92 Å². The first-order valence-corrected chi connectivity index (χ1v) is 13.8. The van der Waals surface area contributed by atoms with Crippen LogP contribution >= 0.6 is 0 Å². The van der Waals surface area contributed by atoms with Crippen molar-refractivity contribution in [2.45, 2.75) is 85.0 Å². The molecule has 0 saturated carbocycles. The maximum absolute atomic E-state index is 13.1. The van der Waals surface area contributed by atoms with Crippen LogP contribution in [0.3, 0.4) is 0 Å². The summed E-state index contributed by atoms with van der Waals surface area (Å²) in [6.07, 6.45) is 4.42. The fourth-order valence-corrected chi connectivity index (χ4v) is 5.59. The van der Waals surface area contributed by atoms with E-state index in [-0.39, 0.29) is 5.91 Å². The molecule has 2 nitrogen and oxygen atoms in total. The zero-order valence-electron chi connectivity index (χ0n) is 17.6. The van der Waals surface area contributed by atoms with Crippen LogP contribution in [0.4, 0.5) is 0 Å². The first-order chi connectivity index (χ1) is 11.7. The zero-order valence-corrected chi connectivity index (χ0v) is 18.6. The molecule has 142 valence electrons. The number of carbonyl (C=O) groups is 1. The van der Waals surface area contributed by atoms with Crippen molar-refractivity contribution >= 4 is 14.0 Å². The Kier molecular flexibility index (Phi) is 8.91. The van der Waals surface area contributed by atoms with E-state index in [9.17, 15) is 4.79 Å². The number of unbranched alkanes of at least 4 members (excludes halogenated alkanes) is 2. The lowest BCUT2D eigenvalue weighted by Gasteiger charge is -2.25. The van der Waals surface area contributed by atoms with E-state index in [0.717, 1.165) is 44.3 Å². The van der Waals surface area contributed by atoms with Crippen LogP contribution in [0.5, 0.6) is 0 Å². The van der Waals surface area contributed by atoms with E-state index in [2.05, 4.69) is 64.4 Å². The number of hydrogen-bond donors (Lipinski definition) is 0. The molecule has 1 unspecified atom stereocenters. The van der Waals surface area contributed by atoms with Gasteiger partial charge in [-0.3, -0.25) is 4.79 Å². The summed E-state index contributed by atoms with van der Waals surface area (Å²) < 4.78 is 0. The number of aryl methyl sites for hydroxylation is 1. The first kappa shape index (κ1) is 21.9. The molecule has 1 rings (SSSR count). The minimum Gasteiger partial charge on any atom is -0.339 e. The molecule has 1 aromatic carbocycles. The standard InChI is InChI=1S/C22H39NOSi/c1-8-10-14-23(15-11-9-2)22(24)20-13-12-18(3)21(16-20)19(4)17-25(5,6)7/h12-13,16,19H,8-11,14-15,17H2,1-7H3. The molecule has 0 aromatic heterocycles. The number of hydrogen-bond acceptors (Lipinski definition) is 1. The number of nitrogens with zero attached hydrogens (tertiary/aromatic N) is 1. The van der Waals surface area contributed by atoms with E-state index in [1.807, 2.05) is 6.07 Å². The molecule has 1 amide bonds. The Morgan fingerprint density at radius 3 is 2.12 bits per heavy atom. The topological polar surface area (TPSA) is 20.3 Å². The molecule has 1 atom stereocenters. The zero-order chi connectivity index (χ0) is 19.0. The smallest absolute Gasteiger partial charge is 0.253 e. The quantitative estimate of drug-likeness (QED) is 0.437. The molecule has 25 heavy (non-hydrogen) atoms. The van der Waals surface area contributed by atoms with Crippen molar-refractivity contribution in [1.29, 1.82) is 0 Å². The highest BCUT2D eigenvalue weighted by Crippen LogP contribution is 2.29. The van der Waals surface area contributed by atoms with Crippen molar-refractivity contribution in [3.8, 4) is 0 Å². The monoisotopic (exact) mass is 361 g/mol. The third kappa shape index (κ3) is 7.35. The van der Waals surface area contributed by atoms with E-state index in [1.165, 1.54) is 17.2 Å². The summed E-state index contributed by atoms with van der Waals surface area (Å²) >= 11 is 0. The number of benzene rings is 1. The van der Waals surface area contributed by atoms with Crippen LogP contribution in [0, 0.1) is 6.92 Å². The highest BCUT2D eigenvalue weighted by molar-refractivity contribution is 6.76. The average molecular weight is 362 g/mol. The second kappa shape index (κ2) is 10.2. The third-order valence-electron chi connectivity index (χ3n) is 4.83. The summed E-state index contributed by atoms with van der Waals surface area (Å²) in [7, 11) is -1.12. The van der Waals surface area contributed by atoms with Crippen LogP contribution < -0.4 is 0 Å². The second-order valence-electron chi connectivity index (χ2n) is 8.74. The van der Waals surface area contributed by atoms with Crippen LogP contribution in [0.2, 0.25) is 25.7 Å². The lowest BCUT2D eigenvalue weighted by molar-refractivity contribution is 0.0751. The number of rotatable bonds is 10. The van der Waals surface area contributed by atoms with Gasteiger partial charge in [0.1, 0.15) is 0 Å². The van der Waals surface area contributed by atoms with Crippen LogP contribution in [0.1, 0.15) is 73.9 Å². The Bertz CT molecular complexity index is 539. The molecule has 0 fully saturated rings. The summed E-state index contributed by atoms with van der Waals surface area (Å²) in [4.78, 5) is 15.1. The third-order valence-corrected chi connectivity index (χ3v) is 6.66. The van der Waals surface area contributed by atoms with Crippen molar-refractivity contribution in [3.63, 3.8) is 0 Å². The van der Waals surface area contributed by atoms with Crippen LogP contribution in [0.25, 0.3) is 0 Å². The summed E-state index contributed by atoms with van der Waals surface area (Å²) in [6, 6.07) is 7.60. The van der Waals surface area contributed by atoms with Gasteiger partial charge in [0.25, 0.3) is 5.91 Å². The van der Waals surface area contributed by atoms with Gasteiger partial charge in [0.15, 0.2) is 0 Å². The van der Waals surface area contributed by atoms with Crippen molar-refractivity contribution in [3.05, 3.63) is 34.9 Å². The van der Waals surface area contributed by atoms with E-state index in [4.69, 9.17) is 0 Å². The van der Waals surface area contributed by atoms with Crippen LogP contribution in [-0.2, 0) is 0 Å². The highest BCUT2D eigenvalue weighted by atomic mass is 28.3. The van der Waals surface area contributed by atoms with Gasteiger partial charge in [-0.15, -0.1) is 0 Å². The Morgan fingerprint density at radius 2 is 1.64 bits per heavy atom. The summed E-state index contributed by atoms with van der Waals surface area (Å²) in [5, 5.41) is 0. The molecule has 0 radical (unpaired) electrons. The molecule has 0 aliphatic carbocycles. The molecular weight excluding hydrogens is 322 g/mol. The molecule has 0 aliphatic heterocycles. The minimum atomic E-state index is -1.12. The minimum absolute atomic E-state index is 0.211. The fourth-order valence-electron chi connectivity index (χ4n) is 3.53. The van der Waals surface area contributed by atoms with Crippen molar-refractivity contribution in [2.24, 2.45) is 0 Å². The van der Waals surface area contributed by atoms with Gasteiger partial charge >= 0.3 is 0 Å². The van der Waals surface area contributed by atoms with Gasteiger partial charge in [-0.1, -0.05) is 65.4 Å². The van der Waals surface area contributed by atoms with Crippen molar-refractivity contribution < 1.29 is 4.79 Å². The van der Waals surface area contributed by atoms with E-state index >= 15 is 0 Å². The van der Waals surface area contributed by atoms with E-state index in [1.54, 1.807) is 0 Å². The van der Waals surface area contributed by atoms with Gasteiger partial charge in [-0.05, 0) is 48.9 Å². The number of amides is 1. The fraction of sp³-hybridized carbons (Fsp3) is 0.682. The Labute approximate surface area is 157 Å². The second-order valence-corrected chi connectivity index (χ2v) is 14.3. The van der Waals surface area contributed by atoms with Crippen molar-refractivity contribution in [2.75, 3.05) is 13.1 Å². The maximum atomic E-state index is 13.1. The SMILES string of the molecule is CCCCN(CCCC)C(=O)c1ccc(C)c(C(C)C[Si](C)(C)C)c1. The predicted molar refractivity (Wildman–Crippen MR) is 113 cm³/mol. The molecule has 0 heterocycles. The van der Waals surface area contributed by atoms with Gasteiger partial charge in [-0.2, -0.15) is 0 Å². The highest BCUT2D eigenvalue weighted by Gasteiger charge is 2.22. The lowest BCUT2D eigenvalue weighted by atomic mass is 9.95. The largest absolute Gasteiger partial charge is 0.339 e. The molecule has 0 N–H and O–H groups in total. The molecule has 0 bridgehead atoms. The Morgan fingerprint density at radius 1 is 1.08 bits per heavy atom. The number of carbonyl (C=O) groups excluding carboxylic acids is 1. The lowest BCUT2D eigenvalue weighted by Crippen LogP contribution is -2.33. The van der Waals surface area contributed by atoms with Gasteiger partial charge in [0.05, 0.1) is 0 Å². The van der Waals surface area contributed by atoms with E-state index < -0.39 is 8.07 Å². The van der Waals surface area contributed by atoms with Gasteiger partial charge in [0, 0.05) is 26.7 Å². The molecular formula is C22H39NOSi. The van der Waals surface area contributed by atoms with Crippen LogP contribution in [0.15, 0.2) is 18.2 Å². The summed E-state index contributed by atoms with van der Waals surface area (Å²) in [5.74, 6) is 0.738. The molecule has 0 saturated heterocycles.